The molecular weight excluding hydrogens is 268 g/mol. The van der Waals surface area contributed by atoms with Crippen molar-refractivity contribution < 1.29 is 0 Å². The van der Waals surface area contributed by atoms with Crippen molar-refractivity contribution in [3.05, 3.63) is 91.6 Å². The predicted octanol–water partition coefficient (Wildman–Crippen LogP) is 5.66. The molecule has 114 valence electrons. The lowest BCUT2D eigenvalue weighted by molar-refractivity contribution is 1.13. The van der Waals surface area contributed by atoms with E-state index >= 15 is 0 Å². The van der Waals surface area contributed by atoms with Crippen LogP contribution in [-0.4, -0.2) is 4.98 Å². The molecule has 0 bridgehead atoms. The fraction of sp³-hybridized carbons (Fsp3) is 0.150. The molecular formula is C20H24N2. The molecule has 0 saturated heterocycles. The average Bonchev–Trinajstić information content (AvgIpc) is 2.48. The summed E-state index contributed by atoms with van der Waals surface area (Å²) in [5.74, 6) is 0. The van der Waals surface area contributed by atoms with E-state index in [1.165, 1.54) is 0 Å². The second kappa shape index (κ2) is 8.63. The van der Waals surface area contributed by atoms with Gasteiger partial charge in [-0.1, -0.05) is 44.0 Å². The Hall–Kier alpha value is -2.61. The van der Waals surface area contributed by atoms with E-state index in [0.29, 0.717) is 0 Å². The number of allylic oxidation sites excluding steroid dienone is 7. The van der Waals surface area contributed by atoms with Crippen LogP contribution in [0.15, 0.2) is 85.9 Å². The van der Waals surface area contributed by atoms with E-state index in [0.717, 1.165) is 28.3 Å². The molecule has 1 aromatic heterocycles. The highest BCUT2D eigenvalue weighted by molar-refractivity contribution is 5.69. The van der Waals surface area contributed by atoms with Gasteiger partial charge in [-0.3, -0.25) is 4.98 Å². The third-order valence-corrected chi connectivity index (χ3v) is 3.07. The Kier molecular flexibility index (Phi) is 6.84. The van der Waals surface area contributed by atoms with Crippen molar-refractivity contribution in [2.24, 2.45) is 0 Å². The van der Waals surface area contributed by atoms with Gasteiger partial charge in [0, 0.05) is 23.3 Å². The summed E-state index contributed by atoms with van der Waals surface area (Å²) in [5, 5.41) is 0. The van der Waals surface area contributed by atoms with Crippen molar-refractivity contribution in [3.63, 3.8) is 0 Å². The van der Waals surface area contributed by atoms with E-state index in [4.69, 9.17) is 0 Å². The van der Waals surface area contributed by atoms with Crippen molar-refractivity contribution >= 4 is 11.3 Å². The van der Waals surface area contributed by atoms with Gasteiger partial charge in [0.1, 0.15) is 0 Å². The Morgan fingerprint density at radius 1 is 1.14 bits per heavy atom. The molecule has 0 unspecified atom stereocenters. The van der Waals surface area contributed by atoms with E-state index in [2.05, 4.69) is 24.7 Å². The first-order valence-electron chi connectivity index (χ1n) is 7.24. The van der Waals surface area contributed by atoms with E-state index in [1.54, 1.807) is 12.3 Å². The zero-order valence-corrected chi connectivity index (χ0v) is 13.7. The maximum atomic E-state index is 4.41. The van der Waals surface area contributed by atoms with Gasteiger partial charge in [-0.25, -0.2) is 0 Å². The zero-order chi connectivity index (χ0) is 16.5. The maximum absolute atomic E-state index is 4.41. The van der Waals surface area contributed by atoms with Gasteiger partial charge in [0.25, 0.3) is 0 Å². The highest BCUT2D eigenvalue weighted by Gasteiger charge is 2.12. The molecule has 0 N–H and O–H groups in total. The van der Waals surface area contributed by atoms with Gasteiger partial charge in [-0.2, -0.15) is 0 Å². The molecule has 0 radical (unpaired) electrons. The molecule has 1 aromatic rings. The first-order valence-corrected chi connectivity index (χ1v) is 7.24. The number of hydrogen-bond acceptors (Lipinski definition) is 2. The minimum atomic E-state index is 0.855. The summed E-state index contributed by atoms with van der Waals surface area (Å²) in [6.07, 6.45) is 13.3. The second-order valence-electron chi connectivity index (χ2n) is 4.80. The highest BCUT2D eigenvalue weighted by Crippen LogP contribution is 2.26. The number of anilines is 1. The smallest absolute Gasteiger partial charge is 0.0679 e. The second-order valence-corrected chi connectivity index (χ2v) is 4.80. The van der Waals surface area contributed by atoms with Crippen molar-refractivity contribution in [2.45, 2.75) is 20.8 Å². The summed E-state index contributed by atoms with van der Waals surface area (Å²) in [5.41, 5.74) is 4.66. The van der Waals surface area contributed by atoms with Crippen LogP contribution in [0.5, 0.6) is 0 Å². The van der Waals surface area contributed by atoms with Crippen LogP contribution in [0.2, 0.25) is 0 Å². The van der Waals surface area contributed by atoms with E-state index in [1.807, 2.05) is 68.2 Å². The summed E-state index contributed by atoms with van der Waals surface area (Å²) < 4.78 is 0. The first-order chi connectivity index (χ1) is 10.5. The maximum Gasteiger partial charge on any atom is 0.0679 e. The van der Waals surface area contributed by atoms with Gasteiger partial charge in [0.2, 0.25) is 0 Å². The lowest BCUT2D eigenvalue weighted by atomic mass is 10.1. The number of pyridine rings is 1. The SMILES string of the molecule is C=C/C=C(\C)c1cc(N(C(=C)/C=C\C)C(=C)/C=C\C)ccn1. The summed E-state index contributed by atoms with van der Waals surface area (Å²) in [4.78, 5) is 6.42. The molecule has 1 rings (SSSR count). The monoisotopic (exact) mass is 292 g/mol. The third kappa shape index (κ3) is 4.45. The highest BCUT2D eigenvalue weighted by atomic mass is 15.1. The Morgan fingerprint density at radius 2 is 1.73 bits per heavy atom. The van der Waals surface area contributed by atoms with Gasteiger partial charge < -0.3 is 4.90 Å². The molecule has 0 saturated carbocycles. The summed E-state index contributed by atoms with van der Waals surface area (Å²) in [6.45, 7) is 17.9. The number of aromatic nitrogens is 1. The molecule has 2 heteroatoms. The molecule has 0 amide bonds. The van der Waals surface area contributed by atoms with Crippen molar-refractivity contribution in [2.75, 3.05) is 4.90 Å². The fourth-order valence-corrected chi connectivity index (χ4v) is 2.09. The van der Waals surface area contributed by atoms with Crippen LogP contribution in [0.1, 0.15) is 26.5 Å². The quantitative estimate of drug-likeness (QED) is 0.603. The third-order valence-electron chi connectivity index (χ3n) is 3.07. The van der Waals surface area contributed by atoms with Crippen molar-refractivity contribution in [3.8, 4) is 0 Å². The molecule has 0 aromatic carbocycles. The predicted molar refractivity (Wildman–Crippen MR) is 98.5 cm³/mol. The molecule has 0 aliphatic rings. The Labute approximate surface area is 134 Å². The van der Waals surface area contributed by atoms with Gasteiger partial charge in [0.05, 0.1) is 5.69 Å². The van der Waals surface area contributed by atoms with E-state index in [9.17, 15) is 0 Å². The Balaban J connectivity index is 3.34. The molecule has 0 aliphatic heterocycles. The Bertz CT molecular complexity index is 621. The lowest BCUT2D eigenvalue weighted by Crippen LogP contribution is -2.18. The van der Waals surface area contributed by atoms with Crippen molar-refractivity contribution in [1.29, 1.82) is 0 Å². The minimum absolute atomic E-state index is 0.855. The standard InChI is InChI=1S/C20H24N2/c1-7-10-16(4)20-15-19(13-14-21-20)22(17(5)11-8-2)18(6)12-9-3/h7-15H,1,5-6H2,2-4H3/b11-8-,12-9-,16-10+. The van der Waals surface area contributed by atoms with Crippen LogP contribution >= 0.6 is 0 Å². The molecule has 1 heterocycles. The summed E-state index contributed by atoms with van der Waals surface area (Å²) in [7, 11) is 0. The van der Waals surface area contributed by atoms with E-state index < -0.39 is 0 Å². The van der Waals surface area contributed by atoms with Crippen molar-refractivity contribution in [1.82, 2.24) is 4.98 Å². The van der Waals surface area contributed by atoms with Gasteiger partial charge in [0.15, 0.2) is 0 Å². The molecule has 2 nitrogen and oxygen atoms in total. The molecule has 22 heavy (non-hydrogen) atoms. The van der Waals surface area contributed by atoms with Crippen LogP contribution in [0.3, 0.4) is 0 Å². The molecule has 0 spiro atoms. The van der Waals surface area contributed by atoms with Crippen LogP contribution < -0.4 is 4.90 Å². The van der Waals surface area contributed by atoms with Crippen LogP contribution in [-0.2, 0) is 0 Å². The summed E-state index contributed by atoms with van der Waals surface area (Å²) in [6, 6.07) is 3.98. The van der Waals surface area contributed by atoms with Gasteiger partial charge in [-0.05, 0) is 50.6 Å². The minimum Gasteiger partial charge on any atom is -0.312 e. The number of nitrogens with zero attached hydrogens (tertiary/aromatic N) is 2. The first kappa shape index (κ1) is 17.4. The van der Waals surface area contributed by atoms with Crippen LogP contribution in [0, 0.1) is 0 Å². The largest absolute Gasteiger partial charge is 0.312 e. The molecule has 0 atom stereocenters. The Morgan fingerprint density at radius 3 is 2.23 bits per heavy atom. The van der Waals surface area contributed by atoms with Gasteiger partial charge >= 0.3 is 0 Å². The van der Waals surface area contributed by atoms with Gasteiger partial charge in [-0.15, -0.1) is 0 Å². The molecule has 0 fully saturated rings. The average molecular weight is 292 g/mol. The lowest BCUT2D eigenvalue weighted by Gasteiger charge is -2.26. The topological polar surface area (TPSA) is 16.1 Å². The number of hydrogen-bond donors (Lipinski definition) is 0. The van der Waals surface area contributed by atoms with E-state index in [-0.39, 0.29) is 0 Å². The zero-order valence-electron chi connectivity index (χ0n) is 13.7. The fourth-order valence-electron chi connectivity index (χ4n) is 2.09. The number of rotatable bonds is 7. The van der Waals surface area contributed by atoms with Crippen LogP contribution in [0.4, 0.5) is 5.69 Å². The van der Waals surface area contributed by atoms with Crippen LogP contribution in [0.25, 0.3) is 5.57 Å². The summed E-state index contributed by atoms with van der Waals surface area (Å²) >= 11 is 0. The molecule has 0 aliphatic carbocycles. The normalized spacial score (nSPS) is 11.9.